The van der Waals surface area contributed by atoms with Crippen LogP contribution in [0.15, 0.2) is 30.3 Å². The van der Waals surface area contributed by atoms with Crippen molar-refractivity contribution in [3.05, 3.63) is 35.9 Å². The fourth-order valence-electron chi connectivity index (χ4n) is 2.61. The smallest absolute Gasteiger partial charge is 0.250 e. The van der Waals surface area contributed by atoms with Crippen molar-refractivity contribution in [2.24, 2.45) is 0 Å². The fraction of sp³-hybridized carbons (Fsp3) is 0.588. The normalized spacial score (nSPS) is 20.5. The van der Waals surface area contributed by atoms with Crippen molar-refractivity contribution in [2.75, 3.05) is 26.2 Å². The van der Waals surface area contributed by atoms with E-state index in [9.17, 15) is 9.90 Å². The minimum absolute atomic E-state index is 0.132. The van der Waals surface area contributed by atoms with Crippen LogP contribution >= 0.6 is 0 Å². The number of carbonyl (C=O) groups excluding carboxylic acids is 1. The van der Waals surface area contributed by atoms with E-state index in [-0.39, 0.29) is 5.91 Å². The van der Waals surface area contributed by atoms with Gasteiger partial charge < -0.3 is 15.2 Å². The number of hydrogen-bond acceptors (Lipinski definition) is 4. The summed E-state index contributed by atoms with van der Waals surface area (Å²) < 4.78 is 5.56. The Kier molecular flexibility index (Phi) is 6.83. The highest BCUT2D eigenvalue weighted by Gasteiger charge is 2.26. The van der Waals surface area contributed by atoms with Gasteiger partial charge in [0.05, 0.1) is 12.7 Å². The van der Waals surface area contributed by atoms with Crippen LogP contribution in [0, 0.1) is 0 Å². The van der Waals surface area contributed by atoms with Crippen LogP contribution in [0.1, 0.15) is 25.3 Å². The van der Waals surface area contributed by atoms with Gasteiger partial charge in [0.2, 0.25) is 0 Å². The van der Waals surface area contributed by atoms with Crippen molar-refractivity contribution in [1.29, 1.82) is 0 Å². The van der Waals surface area contributed by atoms with Gasteiger partial charge in [-0.25, -0.2) is 0 Å². The minimum Gasteiger partial charge on any atom is -0.391 e. The first-order chi connectivity index (χ1) is 10.7. The van der Waals surface area contributed by atoms with Gasteiger partial charge in [0, 0.05) is 26.2 Å². The molecule has 1 saturated heterocycles. The average Bonchev–Trinajstić information content (AvgIpc) is 2.54. The Hall–Kier alpha value is -1.43. The molecule has 2 N–H and O–H groups in total. The molecule has 0 aliphatic carbocycles. The Balaban J connectivity index is 1.78. The third-order valence-electron chi connectivity index (χ3n) is 3.83. The van der Waals surface area contributed by atoms with E-state index in [1.165, 1.54) is 5.56 Å². The van der Waals surface area contributed by atoms with Crippen LogP contribution in [0.3, 0.4) is 0 Å². The van der Waals surface area contributed by atoms with Crippen molar-refractivity contribution in [3.8, 4) is 0 Å². The number of aliphatic hydroxyl groups is 1. The maximum Gasteiger partial charge on any atom is 0.250 e. The van der Waals surface area contributed by atoms with Gasteiger partial charge in [-0.05, 0) is 12.0 Å². The summed E-state index contributed by atoms with van der Waals surface area (Å²) in [6, 6.07) is 10.2. The van der Waals surface area contributed by atoms with Crippen LogP contribution in [0.2, 0.25) is 0 Å². The quantitative estimate of drug-likeness (QED) is 0.794. The number of rotatable bonds is 7. The van der Waals surface area contributed by atoms with Crippen LogP contribution < -0.4 is 5.32 Å². The Morgan fingerprint density at radius 3 is 2.95 bits per heavy atom. The predicted octanol–water partition coefficient (Wildman–Crippen LogP) is 1.16. The summed E-state index contributed by atoms with van der Waals surface area (Å²) in [5, 5.41) is 12.5. The predicted molar refractivity (Wildman–Crippen MR) is 85.4 cm³/mol. The molecule has 5 nitrogen and oxygen atoms in total. The Morgan fingerprint density at radius 1 is 1.45 bits per heavy atom. The van der Waals surface area contributed by atoms with Crippen LogP contribution in [0.4, 0.5) is 0 Å². The van der Waals surface area contributed by atoms with E-state index in [0.717, 1.165) is 19.5 Å². The molecule has 0 radical (unpaired) electrons. The van der Waals surface area contributed by atoms with E-state index in [0.29, 0.717) is 26.1 Å². The Bertz CT molecular complexity index is 452. The second kappa shape index (κ2) is 8.88. The number of nitrogens with one attached hydrogen (secondary N) is 1. The zero-order chi connectivity index (χ0) is 15.8. The number of nitrogens with zero attached hydrogens (tertiary/aromatic N) is 1. The summed E-state index contributed by atoms with van der Waals surface area (Å²) in [7, 11) is 0. The second-order valence-corrected chi connectivity index (χ2v) is 5.77. The molecular weight excluding hydrogens is 280 g/mol. The molecule has 0 bridgehead atoms. The lowest BCUT2D eigenvalue weighted by molar-refractivity contribution is -0.139. The maximum absolute atomic E-state index is 12.1. The van der Waals surface area contributed by atoms with Gasteiger partial charge in [0.1, 0.15) is 6.10 Å². The number of morpholine rings is 1. The van der Waals surface area contributed by atoms with E-state index >= 15 is 0 Å². The van der Waals surface area contributed by atoms with Gasteiger partial charge in [-0.15, -0.1) is 0 Å². The molecule has 0 saturated carbocycles. The van der Waals surface area contributed by atoms with Crippen LogP contribution in [0.25, 0.3) is 0 Å². The van der Waals surface area contributed by atoms with Crippen molar-refractivity contribution < 1.29 is 14.6 Å². The molecule has 2 unspecified atom stereocenters. The SMILES string of the molecule is CCCC(O)CNC(=O)C1CN(Cc2ccccc2)CCO1. The van der Waals surface area contributed by atoms with E-state index in [2.05, 4.69) is 22.3 Å². The molecule has 122 valence electrons. The third kappa shape index (κ3) is 5.40. The monoisotopic (exact) mass is 306 g/mol. The molecule has 5 heteroatoms. The molecule has 1 aliphatic heterocycles. The van der Waals surface area contributed by atoms with E-state index in [4.69, 9.17) is 4.74 Å². The molecule has 22 heavy (non-hydrogen) atoms. The van der Waals surface area contributed by atoms with Crippen molar-refractivity contribution >= 4 is 5.91 Å². The van der Waals surface area contributed by atoms with Crippen LogP contribution in [0.5, 0.6) is 0 Å². The highest BCUT2D eigenvalue weighted by molar-refractivity contribution is 5.81. The molecule has 1 heterocycles. The zero-order valence-electron chi connectivity index (χ0n) is 13.2. The first-order valence-electron chi connectivity index (χ1n) is 8.02. The van der Waals surface area contributed by atoms with Gasteiger partial charge in [0.15, 0.2) is 0 Å². The lowest BCUT2D eigenvalue weighted by atomic mass is 10.1. The van der Waals surface area contributed by atoms with Crippen molar-refractivity contribution in [1.82, 2.24) is 10.2 Å². The summed E-state index contributed by atoms with van der Waals surface area (Å²) in [6.45, 7) is 5.11. The molecule has 1 aliphatic rings. The number of hydrogen-bond donors (Lipinski definition) is 2. The summed E-state index contributed by atoms with van der Waals surface area (Å²) >= 11 is 0. The third-order valence-corrected chi connectivity index (χ3v) is 3.83. The second-order valence-electron chi connectivity index (χ2n) is 5.77. The Labute approximate surface area is 132 Å². The van der Waals surface area contributed by atoms with Crippen molar-refractivity contribution in [3.63, 3.8) is 0 Å². The van der Waals surface area contributed by atoms with E-state index in [1.54, 1.807) is 0 Å². The topological polar surface area (TPSA) is 61.8 Å². The molecule has 2 atom stereocenters. The molecule has 1 aromatic rings. The van der Waals surface area contributed by atoms with Crippen LogP contribution in [-0.4, -0.2) is 54.4 Å². The van der Waals surface area contributed by atoms with E-state index < -0.39 is 12.2 Å². The number of aliphatic hydroxyl groups excluding tert-OH is 1. The molecule has 1 fully saturated rings. The first-order valence-corrected chi connectivity index (χ1v) is 8.02. The van der Waals surface area contributed by atoms with Gasteiger partial charge >= 0.3 is 0 Å². The van der Waals surface area contributed by atoms with E-state index in [1.807, 2.05) is 25.1 Å². The largest absolute Gasteiger partial charge is 0.391 e. The van der Waals surface area contributed by atoms with Crippen LogP contribution in [-0.2, 0) is 16.1 Å². The lowest BCUT2D eigenvalue weighted by Gasteiger charge is -2.32. The summed E-state index contributed by atoms with van der Waals surface area (Å²) in [5.74, 6) is -0.132. The van der Waals surface area contributed by atoms with Gasteiger partial charge in [0.25, 0.3) is 5.91 Å². The fourth-order valence-corrected chi connectivity index (χ4v) is 2.61. The summed E-state index contributed by atoms with van der Waals surface area (Å²) in [6.07, 6.45) is 0.678. The number of ether oxygens (including phenoxy) is 1. The summed E-state index contributed by atoms with van der Waals surface area (Å²) in [5.41, 5.74) is 1.24. The molecule has 1 amide bonds. The first kappa shape index (κ1) is 16.9. The molecule has 0 aromatic heterocycles. The number of amides is 1. The maximum atomic E-state index is 12.1. The van der Waals surface area contributed by atoms with Gasteiger partial charge in [-0.3, -0.25) is 9.69 Å². The standard InChI is InChI=1S/C17H26N2O3/c1-2-6-15(20)11-18-17(21)16-13-19(9-10-22-16)12-14-7-4-3-5-8-14/h3-5,7-8,15-16,20H,2,6,9-13H2,1H3,(H,18,21). The highest BCUT2D eigenvalue weighted by atomic mass is 16.5. The average molecular weight is 306 g/mol. The molecule has 1 aromatic carbocycles. The van der Waals surface area contributed by atoms with Crippen molar-refractivity contribution in [2.45, 2.75) is 38.5 Å². The zero-order valence-corrected chi connectivity index (χ0v) is 13.2. The molecule has 2 rings (SSSR count). The molecule has 0 spiro atoms. The van der Waals surface area contributed by atoms with Gasteiger partial charge in [-0.2, -0.15) is 0 Å². The lowest BCUT2D eigenvalue weighted by Crippen LogP contribution is -2.50. The number of benzene rings is 1. The Morgan fingerprint density at radius 2 is 2.23 bits per heavy atom. The van der Waals surface area contributed by atoms with Gasteiger partial charge in [-0.1, -0.05) is 43.7 Å². The number of carbonyl (C=O) groups is 1. The summed E-state index contributed by atoms with van der Waals surface area (Å²) in [4.78, 5) is 14.4. The minimum atomic E-state index is -0.474. The molecular formula is C17H26N2O3. The highest BCUT2D eigenvalue weighted by Crippen LogP contribution is 2.10.